The van der Waals surface area contributed by atoms with Gasteiger partial charge in [-0.1, -0.05) is 0 Å². The molecule has 0 fully saturated rings. The molecule has 0 aromatic carbocycles. The van der Waals surface area contributed by atoms with Crippen LogP contribution in [-0.2, 0) is 4.74 Å². The molecule has 0 amide bonds. The van der Waals surface area contributed by atoms with E-state index >= 15 is 0 Å². The van der Waals surface area contributed by atoms with Crippen LogP contribution in [0.15, 0.2) is 0 Å². The van der Waals surface area contributed by atoms with Gasteiger partial charge in [0.1, 0.15) is 0 Å². The summed E-state index contributed by atoms with van der Waals surface area (Å²) in [6.07, 6.45) is 0. The van der Waals surface area contributed by atoms with Gasteiger partial charge in [0.25, 0.3) is 0 Å². The van der Waals surface area contributed by atoms with Crippen LogP contribution in [-0.4, -0.2) is 45.9 Å². The van der Waals surface area contributed by atoms with Crippen molar-refractivity contribution in [1.82, 2.24) is 3.61 Å². The fourth-order valence-electron chi connectivity index (χ4n) is 1.56. The van der Waals surface area contributed by atoms with Crippen molar-refractivity contribution in [2.24, 2.45) is 0 Å². The predicted molar refractivity (Wildman–Crippen MR) is 55.8 cm³/mol. The van der Waals surface area contributed by atoms with Crippen LogP contribution in [0.1, 0.15) is 20.8 Å². The molecule has 0 bridgehead atoms. The van der Waals surface area contributed by atoms with Crippen LogP contribution in [0.2, 0.25) is 11.0 Å². The fourth-order valence-corrected chi connectivity index (χ4v) is 6.11. The molecule has 0 saturated heterocycles. The molecule has 0 aliphatic carbocycles. The molecule has 0 aromatic heterocycles. The van der Waals surface area contributed by atoms with Crippen LogP contribution >= 0.6 is 0 Å². The summed E-state index contributed by atoms with van der Waals surface area (Å²) in [7, 11) is 1.77. The molecule has 0 N–H and O–H groups in total. The Kier molecular flexibility index (Phi) is 5.57. The first-order valence-electron chi connectivity index (χ1n) is 4.65. The molecule has 0 heterocycles. The first-order valence-corrected chi connectivity index (χ1v) is 10.6. The van der Waals surface area contributed by atoms with E-state index in [0.717, 1.165) is 13.2 Å². The van der Waals surface area contributed by atoms with Gasteiger partial charge in [0.2, 0.25) is 0 Å². The predicted octanol–water partition coefficient (Wildman–Crippen LogP) is 1.98. The number of hydrogen-bond donors (Lipinski definition) is 0. The van der Waals surface area contributed by atoms with Crippen molar-refractivity contribution in [2.75, 3.05) is 20.3 Å². The Morgan fingerprint density at radius 3 is 2.00 bits per heavy atom. The van der Waals surface area contributed by atoms with E-state index in [1.165, 1.54) is 0 Å². The zero-order valence-electron chi connectivity index (χ0n) is 9.35. The SMILES string of the molecule is COCC[N]([Ga]([CH3])[CH3])C(C)(C)C. The second-order valence-electron chi connectivity index (χ2n) is 4.45. The van der Waals surface area contributed by atoms with E-state index in [0.29, 0.717) is 5.54 Å². The molecule has 0 saturated carbocycles. The fraction of sp³-hybridized carbons (Fsp3) is 1.00. The number of hydrogen-bond acceptors (Lipinski definition) is 2. The van der Waals surface area contributed by atoms with Gasteiger partial charge in [-0.3, -0.25) is 0 Å². The van der Waals surface area contributed by atoms with E-state index in [2.05, 4.69) is 35.3 Å². The molecule has 0 radical (unpaired) electrons. The van der Waals surface area contributed by atoms with Gasteiger partial charge in [-0.15, -0.1) is 0 Å². The van der Waals surface area contributed by atoms with Crippen LogP contribution < -0.4 is 0 Å². The Balaban J connectivity index is 4.05. The van der Waals surface area contributed by atoms with Crippen molar-refractivity contribution >= 4 is 16.5 Å². The van der Waals surface area contributed by atoms with Crippen LogP contribution in [0.25, 0.3) is 0 Å². The van der Waals surface area contributed by atoms with Gasteiger partial charge in [0.05, 0.1) is 0 Å². The van der Waals surface area contributed by atoms with Gasteiger partial charge in [-0.25, -0.2) is 0 Å². The van der Waals surface area contributed by atoms with E-state index in [9.17, 15) is 0 Å². The summed E-state index contributed by atoms with van der Waals surface area (Å²) >= 11 is -1.13. The average Bonchev–Trinajstić information content (AvgIpc) is 1.84. The quantitative estimate of drug-likeness (QED) is 0.684. The molecule has 0 atom stereocenters. The number of ether oxygens (including phenoxy) is 1. The summed E-state index contributed by atoms with van der Waals surface area (Å²) < 4.78 is 7.73. The molecule has 0 aromatic rings. The third-order valence-corrected chi connectivity index (χ3v) is 6.80. The van der Waals surface area contributed by atoms with E-state index < -0.39 is 16.5 Å². The molecule has 0 aliphatic heterocycles. The van der Waals surface area contributed by atoms with Crippen LogP contribution in [0.3, 0.4) is 0 Å². The Morgan fingerprint density at radius 1 is 1.25 bits per heavy atom. The summed E-state index contributed by atoms with van der Waals surface area (Å²) in [4.78, 5) is 0. The summed E-state index contributed by atoms with van der Waals surface area (Å²) in [6, 6.07) is 0. The maximum atomic E-state index is 5.11. The molecule has 3 heteroatoms. The Labute approximate surface area is 82.6 Å². The van der Waals surface area contributed by atoms with E-state index in [1.54, 1.807) is 7.11 Å². The van der Waals surface area contributed by atoms with E-state index in [1.807, 2.05) is 0 Å². The Morgan fingerprint density at radius 2 is 1.75 bits per heavy atom. The zero-order chi connectivity index (χ0) is 9.78. The van der Waals surface area contributed by atoms with Gasteiger partial charge in [-0.05, 0) is 0 Å². The molecule has 12 heavy (non-hydrogen) atoms. The van der Waals surface area contributed by atoms with Crippen LogP contribution in [0, 0.1) is 0 Å². The van der Waals surface area contributed by atoms with Crippen LogP contribution in [0.4, 0.5) is 0 Å². The standard InChI is InChI=1S/C7H16NO.2CH3.Ga/c1-7(2,3)8-5-6-9-4;;;/h5-6H2,1-4H3;2*1H3;/q-1;;;+1. The first-order chi connectivity index (χ1) is 5.39. The first kappa shape index (κ1) is 12.6. The average molecular weight is 230 g/mol. The minimum atomic E-state index is -1.13. The maximum absolute atomic E-state index is 5.11. The van der Waals surface area contributed by atoms with Crippen molar-refractivity contribution in [1.29, 1.82) is 0 Å². The number of methoxy groups -OCH3 is 1. The Hall–Kier alpha value is 0.556. The van der Waals surface area contributed by atoms with Gasteiger partial charge >= 0.3 is 82.3 Å². The number of nitrogens with zero attached hydrogens (tertiary/aromatic N) is 1. The molecule has 0 aliphatic rings. The third kappa shape index (κ3) is 4.55. The summed E-state index contributed by atoms with van der Waals surface area (Å²) in [5, 5.41) is 0. The molecule has 0 rings (SSSR count). The van der Waals surface area contributed by atoms with Crippen molar-refractivity contribution in [3.05, 3.63) is 0 Å². The summed E-state index contributed by atoms with van der Waals surface area (Å²) in [5.41, 5.74) is 5.15. The van der Waals surface area contributed by atoms with Crippen molar-refractivity contribution in [3.63, 3.8) is 0 Å². The Bertz CT molecular complexity index is 120. The molecule has 2 nitrogen and oxygen atoms in total. The summed E-state index contributed by atoms with van der Waals surface area (Å²) in [5.74, 6) is 0. The third-order valence-electron chi connectivity index (χ3n) is 2.02. The molecular formula is C9H22GaNO. The molecule has 0 unspecified atom stereocenters. The normalized spacial score (nSPS) is 12.2. The number of rotatable bonds is 4. The molecular weight excluding hydrogens is 208 g/mol. The van der Waals surface area contributed by atoms with Crippen molar-refractivity contribution in [3.8, 4) is 0 Å². The second-order valence-corrected chi connectivity index (χ2v) is 10.3. The van der Waals surface area contributed by atoms with E-state index in [4.69, 9.17) is 4.74 Å². The minimum absolute atomic E-state index is 0.326. The van der Waals surface area contributed by atoms with Crippen LogP contribution in [0.5, 0.6) is 0 Å². The topological polar surface area (TPSA) is 12.5 Å². The van der Waals surface area contributed by atoms with Crippen molar-refractivity contribution < 1.29 is 4.74 Å². The van der Waals surface area contributed by atoms with E-state index in [-0.39, 0.29) is 0 Å². The van der Waals surface area contributed by atoms with Gasteiger partial charge in [0.15, 0.2) is 0 Å². The molecule has 0 spiro atoms. The molecule has 72 valence electrons. The zero-order valence-corrected chi connectivity index (χ0v) is 11.8. The second kappa shape index (κ2) is 5.32. The van der Waals surface area contributed by atoms with Gasteiger partial charge in [-0.2, -0.15) is 0 Å². The summed E-state index contributed by atoms with van der Waals surface area (Å²) in [6.45, 7) is 8.81. The van der Waals surface area contributed by atoms with Gasteiger partial charge < -0.3 is 0 Å². The monoisotopic (exact) mass is 229 g/mol. The van der Waals surface area contributed by atoms with Crippen molar-refractivity contribution in [2.45, 2.75) is 37.3 Å². The van der Waals surface area contributed by atoms with Gasteiger partial charge in [0, 0.05) is 0 Å².